The van der Waals surface area contributed by atoms with E-state index in [2.05, 4.69) is 29.5 Å². The van der Waals surface area contributed by atoms with Gasteiger partial charge >= 0.3 is 0 Å². The zero-order chi connectivity index (χ0) is 31.7. The van der Waals surface area contributed by atoms with Crippen LogP contribution in [-0.4, -0.2) is 59.9 Å². The molecule has 4 aromatic rings. The van der Waals surface area contributed by atoms with Gasteiger partial charge in [-0.1, -0.05) is 61.9 Å². The van der Waals surface area contributed by atoms with Crippen LogP contribution in [0.25, 0.3) is 16.9 Å². The molecule has 0 radical (unpaired) electrons. The maximum Gasteiger partial charge on any atom is 0.280 e. The van der Waals surface area contributed by atoms with Gasteiger partial charge in [-0.05, 0) is 69.6 Å². The van der Waals surface area contributed by atoms with E-state index in [0.29, 0.717) is 30.5 Å². The molecule has 2 aliphatic rings. The summed E-state index contributed by atoms with van der Waals surface area (Å²) in [7, 11) is 0. The average Bonchev–Trinajstić information content (AvgIpc) is 3.63. The Morgan fingerprint density at radius 2 is 1.78 bits per heavy atom. The first-order valence-corrected chi connectivity index (χ1v) is 15.8. The van der Waals surface area contributed by atoms with Gasteiger partial charge in [0.25, 0.3) is 12.0 Å². The van der Waals surface area contributed by atoms with E-state index in [1.807, 2.05) is 52.4 Å². The number of amidine groups is 1. The summed E-state index contributed by atoms with van der Waals surface area (Å²) in [6, 6.07) is 16.0. The first-order chi connectivity index (χ1) is 21.6. The van der Waals surface area contributed by atoms with Crippen LogP contribution in [0.15, 0.2) is 58.3 Å². The summed E-state index contributed by atoms with van der Waals surface area (Å²) in [5.74, 6) is 1.72. The molecule has 3 heterocycles. The number of hydrogen-bond acceptors (Lipinski definition) is 9. The Bertz CT molecular complexity index is 1750. The van der Waals surface area contributed by atoms with Gasteiger partial charge in [-0.2, -0.15) is 10.1 Å². The number of hydroxylamine groups is 1. The van der Waals surface area contributed by atoms with Crippen LogP contribution in [0.1, 0.15) is 87.1 Å². The van der Waals surface area contributed by atoms with E-state index in [1.165, 1.54) is 0 Å². The third-order valence-electron chi connectivity index (χ3n) is 8.49. The van der Waals surface area contributed by atoms with E-state index in [1.54, 1.807) is 13.8 Å². The van der Waals surface area contributed by atoms with Gasteiger partial charge < -0.3 is 14.9 Å². The molecule has 1 atom stereocenters. The third kappa shape index (κ3) is 6.72. The summed E-state index contributed by atoms with van der Waals surface area (Å²) in [5, 5.41) is 24.5. The number of hydrogen-bond donors (Lipinski definition) is 3. The second kappa shape index (κ2) is 12.8. The van der Waals surface area contributed by atoms with E-state index in [0.717, 1.165) is 72.0 Å². The molecular formula is C34H42N6O5. The van der Waals surface area contributed by atoms with Crippen LogP contribution in [0, 0.1) is 6.92 Å². The van der Waals surface area contributed by atoms with Crippen LogP contribution in [-0.2, 0) is 22.4 Å². The number of fused-ring (bicyclic) bond motifs is 1. The fourth-order valence-electron chi connectivity index (χ4n) is 6.36. The molecule has 6 rings (SSSR count). The molecule has 1 aliphatic carbocycles. The quantitative estimate of drug-likeness (QED) is 0.242. The number of aliphatic imine (C=N–C) groups is 1. The Balaban J connectivity index is 1.31. The highest BCUT2D eigenvalue weighted by Gasteiger charge is 2.29. The lowest BCUT2D eigenvalue weighted by Gasteiger charge is -2.32. The van der Waals surface area contributed by atoms with Crippen molar-refractivity contribution in [2.24, 2.45) is 4.99 Å². The highest BCUT2D eigenvalue weighted by molar-refractivity contribution is 6.04. The number of ether oxygens (including phenoxy) is 1. The number of nitrogens with zero attached hydrogens (tertiary/aromatic N) is 5. The molecule has 0 bridgehead atoms. The Morgan fingerprint density at radius 3 is 2.42 bits per heavy atom. The molecule has 0 spiro atoms. The van der Waals surface area contributed by atoms with E-state index in [9.17, 15) is 15.0 Å². The molecule has 1 saturated carbocycles. The molecule has 3 N–H and O–H groups in total. The smallest absolute Gasteiger partial charge is 0.280 e. The van der Waals surface area contributed by atoms with Gasteiger partial charge in [0.2, 0.25) is 5.78 Å². The summed E-state index contributed by atoms with van der Waals surface area (Å²) in [6.45, 7) is 7.77. The molecule has 2 aromatic carbocycles. The van der Waals surface area contributed by atoms with Gasteiger partial charge in [0.05, 0.1) is 24.0 Å². The predicted molar refractivity (Wildman–Crippen MR) is 171 cm³/mol. The van der Waals surface area contributed by atoms with E-state index in [4.69, 9.17) is 19.7 Å². The highest BCUT2D eigenvalue weighted by atomic mass is 16.7. The SMILES string of the molecule is CCCc1c(Cc2ccc(-c3ccccc3C3=NC(O)ON3)cc2)c(=O)n(C2CCC(OCC(C)(C)O)CC2)c2nc(C)nn12. The highest BCUT2D eigenvalue weighted by Crippen LogP contribution is 2.32. The van der Waals surface area contributed by atoms with Gasteiger partial charge in [-0.25, -0.2) is 19.8 Å². The van der Waals surface area contributed by atoms with E-state index >= 15 is 0 Å². The lowest BCUT2D eigenvalue weighted by Crippen LogP contribution is -2.36. The largest absolute Gasteiger partial charge is 0.388 e. The maximum absolute atomic E-state index is 14.4. The van der Waals surface area contributed by atoms with E-state index < -0.39 is 12.0 Å². The van der Waals surface area contributed by atoms with Gasteiger partial charge in [0.15, 0.2) is 5.84 Å². The Labute approximate surface area is 262 Å². The van der Waals surface area contributed by atoms with Crippen molar-refractivity contribution < 1.29 is 19.8 Å². The van der Waals surface area contributed by atoms with Gasteiger partial charge in [-0.15, -0.1) is 0 Å². The minimum Gasteiger partial charge on any atom is -0.388 e. The van der Waals surface area contributed by atoms with Gasteiger partial charge in [0.1, 0.15) is 5.82 Å². The molecule has 238 valence electrons. The number of rotatable bonds is 10. The monoisotopic (exact) mass is 614 g/mol. The van der Waals surface area contributed by atoms with Crippen LogP contribution in [0.4, 0.5) is 0 Å². The van der Waals surface area contributed by atoms with Crippen molar-refractivity contribution in [2.45, 2.75) is 96.8 Å². The fourth-order valence-corrected chi connectivity index (χ4v) is 6.36. The second-order valence-corrected chi connectivity index (χ2v) is 12.7. The number of nitrogens with one attached hydrogen (secondary N) is 1. The third-order valence-corrected chi connectivity index (χ3v) is 8.49. The zero-order valence-corrected chi connectivity index (χ0v) is 26.4. The molecule has 2 aromatic heterocycles. The minimum atomic E-state index is -1.23. The van der Waals surface area contributed by atoms with Crippen LogP contribution in [0.3, 0.4) is 0 Å². The fraction of sp³-hybridized carbons (Fsp3) is 0.471. The normalized spacial score (nSPS) is 20.4. The van der Waals surface area contributed by atoms with Crippen molar-refractivity contribution in [2.75, 3.05) is 6.61 Å². The Morgan fingerprint density at radius 1 is 1.07 bits per heavy atom. The molecular weight excluding hydrogens is 572 g/mol. The summed E-state index contributed by atoms with van der Waals surface area (Å²) in [6.07, 6.45) is 4.12. The van der Waals surface area contributed by atoms with Crippen molar-refractivity contribution >= 4 is 11.6 Å². The predicted octanol–water partition coefficient (Wildman–Crippen LogP) is 4.24. The van der Waals surface area contributed by atoms with Crippen molar-refractivity contribution in [3.05, 3.63) is 87.1 Å². The summed E-state index contributed by atoms with van der Waals surface area (Å²) < 4.78 is 9.76. The molecule has 11 nitrogen and oxygen atoms in total. The number of aromatic nitrogens is 4. The number of aliphatic hydroxyl groups excluding tert-OH is 1. The van der Waals surface area contributed by atoms with Crippen molar-refractivity contribution in [3.8, 4) is 11.1 Å². The molecule has 0 saturated heterocycles. The first kappa shape index (κ1) is 31.1. The Hall–Kier alpha value is -3.90. The van der Waals surface area contributed by atoms with Crippen molar-refractivity contribution in [1.29, 1.82) is 0 Å². The molecule has 0 amide bonds. The zero-order valence-electron chi connectivity index (χ0n) is 26.4. The molecule has 1 fully saturated rings. The van der Waals surface area contributed by atoms with Crippen LogP contribution >= 0.6 is 0 Å². The van der Waals surface area contributed by atoms with Crippen molar-refractivity contribution in [3.63, 3.8) is 0 Å². The molecule has 1 unspecified atom stereocenters. The lowest BCUT2D eigenvalue weighted by atomic mass is 9.92. The summed E-state index contributed by atoms with van der Waals surface area (Å²) >= 11 is 0. The van der Waals surface area contributed by atoms with Crippen LogP contribution < -0.4 is 11.0 Å². The van der Waals surface area contributed by atoms with Gasteiger partial charge in [-0.3, -0.25) is 9.36 Å². The van der Waals surface area contributed by atoms with Crippen molar-refractivity contribution in [1.82, 2.24) is 24.6 Å². The molecule has 11 heteroatoms. The van der Waals surface area contributed by atoms with Gasteiger partial charge in [0, 0.05) is 23.6 Å². The second-order valence-electron chi connectivity index (χ2n) is 12.7. The lowest BCUT2D eigenvalue weighted by molar-refractivity contribution is -0.102. The average molecular weight is 615 g/mol. The number of benzene rings is 2. The van der Waals surface area contributed by atoms with E-state index in [-0.39, 0.29) is 17.7 Å². The minimum absolute atomic E-state index is 0.00231. The van der Waals surface area contributed by atoms with Crippen LogP contribution in [0.2, 0.25) is 0 Å². The number of aliphatic hydroxyl groups is 2. The maximum atomic E-state index is 14.4. The Kier molecular flexibility index (Phi) is 8.87. The summed E-state index contributed by atoms with van der Waals surface area (Å²) in [4.78, 5) is 28.2. The van der Waals surface area contributed by atoms with Crippen LogP contribution in [0.5, 0.6) is 0 Å². The first-order valence-electron chi connectivity index (χ1n) is 15.8. The molecule has 45 heavy (non-hydrogen) atoms. The number of aryl methyl sites for hydroxylation is 2. The molecule has 1 aliphatic heterocycles. The summed E-state index contributed by atoms with van der Waals surface area (Å²) in [5.41, 5.74) is 7.26. The standard InChI is InChI=1S/C34H42N6O5/c1-5-8-29-28(19-22-11-13-23(14-12-22)26-9-6-7-10-27(26)30-36-33(42)45-38-30)31(41)39(32-35-21(2)37-40(29)32)24-15-17-25(18-16-24)44-20-34(3,4)43/h6-7,9-14,24-25,33,42-43H,5,8,15-20H2,1-4H3,(H,36,38). The topological polar surface area (TPSA) is 136 Å².